The highest BCUT2D eigenvalue weighted by Crippen LogP contribution is 2.11. The smallest absolute Gasteiger partial charge is 0.269 e. The van der Waals surface area contributed by atoms with Gasteiger partial charge in [0, 0.05) is 30.8 Å². The van der Waals surface area contributed by atoms with Crippen LogP contribution in [0.3, 0.4) is 0 Å². The normalized spacial score (nSPS) is 10.1. The monoisotopic (exact) mass is 276 g/mol. The topological polar surface area (TPSA) is 99.3 Å². The predicted octanol–water partition coefficient (Wildman–Crippen LogP) is 1.17. The molecule has 0 fully saturated rings. The van der Waals surface area contributed by atoms with Crippen LogP contribution in [-0.2, 0) is 0 Å². The average Bonchev–Trinajstić information content (AvgIpc) is 2.46. The number of carbonyl (C=O) groups excluding carboxylic acids is 1. The summed E-state index contributed by atoms with van der Waals surface area (Å²) < 4.78 is 0. The zero-order chi connectivity index (χ0) is 15.0. The number of amides is 1. The lowest BCUT2D eigenvalue weighted by atomic mass is 10.2. The Kier molecular flexibility index (Phi) is 6.13. The second-order valence-electron chi connectivity index (χ2n) is 4.09. The first kappa shape index (κ1) is 15.6. The lowest BCUT2D eigenvalue weighted by Crippen LogP contribution is -2.35. The molecule has 7 heteroatoms. The first-order valence-corrected chi connectivity index (χ1v) is 6.20. The van der Waals surface area contributed by atoms with Gasteiger partial charge in [-0.3, -0.25) is 19.8 Å². The largest absolute Gasteiger partial charge is 0.351 e. The number of nitriles is 1. The Bertz CT molecular complexity index is 507. The summed E-state index contributed by atoms with van der Waals surface area (Å²) in [5.41, 5.74) is 0.326. The third-order valence-electron chi connectivity index (χ3n) is 2.80. The summed E-state index contributed by atoms with van der Waals surface area (Å²) in [4.78, 5) is 23.7. The summed E-state index contributed by atoms with van der Waals surface area (Å²) in [6, 6.07) is 7.48. The molecule has 0 aliphatic carbocycles. The third kappa shape index (κ3) is 4.66. The molecule has 0 saturated heterocycles. The molecule has 0 aliphatic heterocycles. The van der Waals surface area contributed by atoms with E-state index in [0.29, 0.717) is 25.2 Å². The van der Waals surface area contributed by atoms with Crippen molar-refractivity contribution in [1.29, 1.82) is 5.26 Å². The molecule has 0 aromatic heterocycles. The van der Waals surface area contributed by atoms with Crippen molar-refractivity contribution in [2.75, 3.05) is 26.2 Å². The minimum atomic E-state index is -0.511. The van der Waals surface area contributed by atoms with Crippen molar-refractivity contribution in [3.05, 3.63) is 39.9 Å². The molecule has 1 aromatic rings. The fourth-order valence-corrected chi connectivity index (χ4v) is 1.61. The van der Waals surface area contributed by atoms with E-state index in [0.717, 1.165) is 6.54 Å². The lowest BCUT2D eigenvalue weighted by molar-refractivity contribution is -0.384. The number of nitrogens with zero attached hydrogens (tertiary/aromatic N) is 3. The molecular weight excluding hydrogens is 260 g/mol. The van der Waals surface area contributed by atoms with Gasteiger partial charge in [0.1, 0.15) is 0 Å². The highest BCUT2D eigenvalue weighted by molar-refractivity contribution is 5.94. The number of non-ortho nitro benzene ring substituents is 1. The molecule has 0 heterocycles. The van der Waals surface area contributed by atoms with E-state index in [1.807, 2.05) is 11.8 Å². The van der Waals surface area contributed by atoms with Gasteiger partial charge in [0.05, 0.1) is 17.5 Å². The van der Waals surface area contributed by atoms with E-state index in [4.69, 9.17) is 5.26 Å². The summed E-state index contributed by atoms with van der Waals surface area (Å²) in [6.45, 7) is 4.01. The summed E-state index contributed by atoms with van der Waals surface area (Å²) in [5, 5.41) is 21.8. The predicted molar refractivity (Wildman–Crippen MR) is 73.2 cm³/mol. The summed E-state index contributed by atoms with van der Waals surface area (Å²) in [6.07, 6.45) is 0. The first-order valence-electron chi connectivity index (χ1n) is 6.20. The number of nitro groups is 1. The zero-order valence-corrected chi connectivity index (χ0v) is 11.2. The van der Waals surface area contributed by atoms with Gasteiger partial charge in [0.25, 0.3) is 11.6 Å². The molecule has 0 radical (unpaired) electrons. The van der Waals surface area contributed by atoms with Crippen LogP contribution in [0.15, 0.2) is 24.3 Å². The highest BCUT2D eigenvalue weighted by Gasteiger charge is 2.09. The minimum Gasteiger partial charge on any atom is -0.351 e. The maximum Gasteiger partial charge on any atom is 0.269 e. The van der Waals surface area contributed by atoms with Crippen LogP contribution < -0.4 is 5.32 Å². The number of carbonyl (C=O) groups is 1. The molecule has 20 heavy (non-hydrogen) atoms. The Morgan fingerprint density at radius 3 is 2.60 bits per heavy atom. The molecule has 1 rings (SSSR count). The van der Waals surface area contributed by atoms with E-state index in [1.54, 1.807) is 0 Å². The number of nitro benzene ring substituents is 1. The van der Waals surface area contributed by atoms with Gasteiger partial charge in [-0.25, -0.2) is 0 Å². The fourth-order valence-electron chi connectivity index (χ4n) is 1.61. The third-order valence-corrected chi connectivity index (χ3v) is 2.80. The lowest BCUT2D eigenvalue weighted by Gasteiger charge is -2.16. The van der Waals surface area contributed by atoms with Crippen LogP contribution in [0.5, 0.6) is 0 Å². The van der Waals surface area contributed by atoms with Crippen LogP contribution >= 0.6 is 0 Å². The molecule has 0 unspecified atom stereocenters. The second kappa shape index (κ2) is 7.86. The molecule has 0 spiro atoms. The number of hydrogen-bond acceptors (Lipinski definition) is 5. The Labute approximate surface area is 117 Å². The fraction of sp³-hybridized carbons (Fsp3) is 0.385. The van der Waals surface area contributed by atoms with Gasteiger partial charge >= 0.3 is 0 Å². The summed E-state index contributed by atoms with van der Waals surface area (Å²) in [7, 11) is 0. The van der Waals surface area contributed by atoms with Gasteiger partial charge in [-0.2, -0.15) is 5.26 Å². The molecule has 0 atom stereocenters. The van der Waals surface area contributed by atoms with E-state index in [1.165, 1.54) is 24.3 Å². The molecule has 1 N–H and O–H groups in total. The van der Waals surface area contributed by atoms with E-state index in [-0.39, 0.29) is 11.6 Å². The van der Waals surface area contributed by atoms with E-state index in [9.17, 15) is 14.9 Å². The van der Waals surface area contributed by atoms with Crippen molar-refractivity contribution in [3.8, 4) is 6.07 Å². The zero-order valence-electron chi connectivity index (χ0n) is 11.2. The first-order chi connectivity index (χ1) is 9.58. The van der Waals surface area contributed by atoms with Crippen molar-refractivity contribution in [1.82, 2.24) is 10.2 Å². The number of benzene rings is 1. The van der Waals surface area contributed by atoms with E-state index >= 15 is 0 Å². The number of likely N-dealkylation sites (N-methyl/N-ethyl adjacent to an activating group) is 1. The number of nitrogens with one attached hydrogen (secondary N) is 1. The van der Waals surface area contributed by atoms with Crippen LogP contribution in [0.2, 0.25) is 0 Å². The highest BCUT2D eigenvalue weighted by atomic mass is 16.6. The van der Waals surface area contributed by atoms with Crippen LogP contribution in [0.1, 0.15) is 17.3 Å². The van der Waals surface area contributed by atoms with Crippen molar-refractivity contribution in [3.63, 3.8) is 0 Å². The van der Waals surface area contributed by atoms with Gasteiger partial charge in [0.2, 0.25) is 0 Å². The SMILES string of the molecule is CCN(CC#N)CCNC(=O)c1ccc([N+](=O)[O-])cc1. The number of rotatable bonds is 7. The molecule has 1 aromatic carbocycles. The maximum atomic E-state index is 11.8. The average molecular weight is 276 g/mol. The number of hydrogen-bond donors (Lipinski definition) is 1. The van der Waals surface area contributed by atoms with Crippen LogP contribution in [0, 0.1) is 21.4 Å². The molecule has 106 valence electrons. The van der Waals surface area contributed by atoms with Gasteiger partial charge in [0.15, 0.2) is 0 Å². The molecule has 1 amide bonds. The Morgan fingerprint density at radius 2 is 2.10 bits per heavy atom. The van der Waals surface area contributed by atoms with Crippen molar-refractivity contribution in [2.24, 2.45) is 0 Å². The van der Waals surface area contributed by atoms with Gasteiger partial charge < -0.3 is 5.32 Å². The Hall–Kier alpha value is -2.46. The Morgan fingerprint density at radius 1 is 1.45 bits per heavy atom. The van der Waals surface area contributed by atoms with Crippen LogP contribution in [-0.4, -0.2) is 41.9 Å². The van der Waals surface area contributed by atoms with Gasteiger partial charge in [-0.1, -0.05) is 6.92 Å². The standard InChI is InChI=1S/C13H16N4O3/c1-2-16(9-7-14)10-8-15-13(18)11-3-5-12(6-4-11)17(19)20/h3-6H,2,8-10H2,1H3,(H,15,18). The quantitative estimate of drug-likeness (QED) is 0.458. The van der Waals surface area contributed by atoms with Crippen LogP contribution in [0.4, 0.5) is 5.69 Å². The Balaban J connectivity index is 2.47. The van der Waals surface area contributed by atoms with Gasteiger partial charge in [-0.05, 0) is 18.7 Å². The van der Waals surface area contributed by atoms with E-state index in [2.05, 4.69) is 11.4 Å². The minimum absolute atomic E-state index is 0.0484. The molecular formula is C13H16N4O3. The van der Waals surface area contributed by atoms with Crippen molar-refractivity contribution in [2.45, 2.75) is 6.92 Å². The summed E-state index contributed by atoms with van der Waals surface area (Å²) in [5.74, 6) is -0.284. The summed E-state index contributed by atoms with van der Waals surface area (Å²) >= 11 is 0. The molecule has 0 aliphatic rings. The van der Waals surface area contributed by atoms with Crippen molar-refractivity contribution < 1.29 is 9.72 Å². The molecule has 7 nitrogen and oxygen atoms in total. The maximum absolute atomic E-state index is 11.8. The van der Waals surface area contributed by atoms with E-state index < -0.39 is 4.92 Å². The molecule has 0 saturated carbocycles. The van der Waals surface area contributed by atoms with Gasteiger partial charge in [-0.15, -0.1) is 0 Å². The molecule has 0 bridgehead atoms. The second-order valence-corrected chi connectivity index (χ2v) is 4.09. The van der Waals surface area contributed by atoms with Crippen LogP contribution in [0.25, 0.3) is 0 Å². The van der Waals surface area contributed by atoms with Crippen molar-refractivity contribution >= 4 is 11.6 Å².